The van der Waals surface area contributed by atoms with Crippen LogP contribution >= 0.6 is 0 Å². The van der Waals surface area contributed by atoms with E-state index >= 15 is 0 Å². The third-order valence-corrected chi connectivity index (χ3v) is 4.00. The molecule has 0 atom stereocenters. The van der Waals surface area contributed by atoms with E-state index in [4.69, 9.17) is 0 Å². The quantitative estimate of drug-likeness (QED) is 0.918. The highest BCUT2D eigenvalue weighted by atomic mass is 16.3. The Hall–Kier alpha value is -1.55. The molecule has 1 fully saturated rings. The Labute approximate surface area is 121 Å². The summed E-state index contributed by atoms with van der Waals surface area (Å²) in [5.74, 6) is 0. The van der Waals surface area contributed by atoms with Crippen LogP contribution in [0.2, 0.25) is 0 Å². The predicted octanol–water partition coefficient (Wildman–Crippen LogP) is 2.61. The molecule has 110 valence electrons. The Morgan fingerprint density at radius 2 is 2.00 bits per heavy atom. The first-order valence-electron chi connectivity index (χ1n) is 7.16. The van der Waals surface area contributed by atoms with Crippen LogP contribution in [0, 0.1) is 0 Å². The SMILES string of the molecule is CC(C)N1CCN(c2cccc(C(C)(C)CO)c2)C1=O. The zero-order valence-corrected chi connectivity index (χ0v) is 12.8. The van der Waals surface area contributed by atoms with E-state index in [0.717, 1.165) is 24.3 Å². The molecule has 2 amide bonds. The number of aliphatic hydroxyl groups is 1. The number of benzene rings is 1. The summed E-state index contributed by atoms with van der Waals surface area (Å²) in [5.41, 5.74) is 1.67. The standard InChI is InChI=1S/C16H24N2O2/c1-12(2)17-8-9-18(15(17)20)14-7-5-6-13(10-14)16(3,4)11-19/h5-7,10,12,19H,8-9,11H2,1-4H3. The molecule has 1 heterocycles. The van der Waals surface area contributed by atoms with Crippen LogP contribution in [0.25, 0.3) is 0 Å². The lowest BCUT2D eigenvalue weighted by Crippen LogP contribution is -2.36. The van der Waals surface area contributed by atoms with Crippen molar-refractivity contribution in [2.75, 3.05) is 24.6 Å². The van der Waals surface area contributed by atoms with Gasteiger partial charge >= 0.3 is 6.03 Å². The number of urea groups is 1. The molecule has 1 aliphatic rings. The van der Waals surface area contributed by atoms with Gasteiger partial charge in [-0.3, -0.25) is 4.90 Å². The van der Waals surface area contributed by atoms with E-state index in [1.165, 1.54) is 0 Å². The smallest absolute Gasteiger partial charge is 0.324 e. The Balaban J connectivity index is 2.27. The molecule has 0 bridgehead atoms. The highest BCUT2D eigenvalue weighted by Crippen LogP contribution is 2.28. The summed E-state index contributed by atoms with van der Waals surface area (Å²) in [6.45, 7) is 9.64. The van der Waals surface area contributed by atoms with Crippen LogP contribution in [-0.4, -0.2) is 41.8 Å². The molecule has 1 N–H and O–H groups in total. The van der Waals surface area contributed by atoms with Gasteiger partial charge in [-0.1, -0.05) is 26.0 Å². The molecule has 0 unspecified atom stereocenters. The molecule has 1 aromatic carbocycles. The van der Waals surface area contributed by atoms with Crippen LogP contribution in [0.15, 0.2) is 24.3 Å². The average molecular weight is 276 g/mol. The molecule has 0 spiro atoms. The van der Waals surface area contributed by atoms with Crippen molar-refractivity contribution in [2.24, 2.45) is 0 Å². The van der Waals surface area contributed by atoms with E-state index in [1.807, 2.05) is 61.8 Å². The highest BCUT2D eigenvalue weighted by Gasteiger charge is 2.31. The maximum atomic E-state index is 12.4. The first-order valence-corrected chi connectivity index (χ1v) is 7.16. The van der Waals surface area contributed by atoms with Crippen molar-refractivity contribution in [3.8, 4) is 0 Å². The summed E-state index contributed by atoms with van der Waals surface area (Å²) < 4.78 is 0. The van der Waals surface area contributed by atoms with E-state index < -0.39 is 0 Å². The highest BCUT2D eigenvalue weighted by molar-refractivity contribution is 5.94. The molecule has 0 saturated carbocycles. The minimum atomic E-state index is -0.295. The van der Waals surface area contributed by atoms with Crippen molar-refractivity contribution < 1.29 is 9.90 Å². The van der Waals surface area contributed by atoms with Crippen LogP contribution in [0.4, 0.5) is 10.5 Å². The van der Waals surface area contributed by atoms with Crippen molar-refractivity contribution in [1.82, 2.24) is 4.90 Å². The molecule has 4 nitrogen and oxygen atoms in total. The van der Waals surface area contributed by atoms with Crippen LogP contribution in [0.3, 0.4) is 0 Å². The van der Waals surface area contributed by atoms with Crippen LogP contribution in [0.1, 0.15) is 33.3 Å². The lowest BCUT2D eigenvalue weighted by Gasteiger charge is -2.25. The summed E-state index contributed by atoms with van der Waals surface area (Å²) >= 11 is 0. The predicted molar refractivity (Wildman–Crippen MR) is 81.1 cm³/mol. The largest absolute Gasteiger partial charge is 0.395 e. The molecular formula is C16H24N2O2. The number of rotatable bonds is 4. The van der Waals surface area contributed by atoms with E-state index in [2.05, 4.69) is 0 Å². The zero-order chi connectivity index (χ0) is 14.9. The first kappa shape index (κ1) is 14.9. The third-order valence-electron chi connectivity index (χ3n) is 4.00. The second-order valence-electron chi connectivity index (χ2n) is 6.31. The van der Waals surface area contributed by atoms with E-state index in [9.17, 15) is 9.90 Å². The fourth-order valence-corrected chi connectivity index (χ4v) is 2.46. The van der Waals surface area contributed by atoms with Crippen LogP contribution in [0.5, 0.6) is 0 Å². The second kappa shape index (κ2) is 5.44. The van der Waals surface area contributed by atoms with Gasteiger partial charge in [-0.2, -0.15) is 0 Å². The van der Waals surface area contributed by atoms with Gasteiger partial charge < -0.3 is 10.0 Å². The molecular weight excluding hydrogens is 252 g/mol. The van der Waals surface area contributed by atoms with Gasteiger partial charge in [-0.25, -0.2) is 4.79 Å². The van der Waals surface area contributed by atoms with Gasteiger partial charge in [0.25, 0.3) is 0 Å². The maximum absolute atomic E-state index is 12.4. The third kappa shape index (κ3) is 2.66. The minimum Gasteiger partial charge on any atom is -0.395 e. The Morgan fingerprint density at radius 3 is 2.55 bits per heavy atom. The Morgan fingerprint density at radius 1 is 1.30 bits per heavy atom. The summed E-state index contributed by atoms with van der Waals surface area (Å²) in [6.07, 6.45) is 0. The summed E-state index contributed by atoms with van der Waals surface area (Å²) in [6, 6.07) is 8.22. The van der Waals surface area contributed by atoms with Crippen molar-refractivity contribution in [3.63, 3.8) is 0 Å². The average Bonchev–Trinajstić information content (AvgIpc) is 2.81. The van der Waals surface area contributed by atoms with E-state index in [-0.39, 0.29) is 24.1 Å². The van der Waals surface area contributed by atoms with Gasteiger partial charge in [0.2, 0.25) is 0 Å². The lowest BCUT2D eigenvalue weighted by molar-refractivity contribution is 0.209. The number of carbonyl (C=O) groups is 1. The van der Waals surface area contributed by atoms with Crippen molar-refractivity contribution in [3.05, 3.63) is 29.8 Å². The van der Waals surface area contributed by atoms with E-state index in [0.29, 0.717) is 0 Å². The summed E-state index contributed by atoms with van der Waals surface area (Å²) in [5, 5.41) is 9.48. The number of aliphatic hydroxyl groups excluding tert-OH is 1. The van der Waals surface area contributed by atoms with Crippen LogP contribution < -0.4 is 4.90 Å². The Bertz CT molecular complexity index is 497. The van der Waals surface area contributed by atoms with E-state index in [1.54, 1.807) is 0 Å². The number of amides is 2. The fourth-order valence-electron chi connectivity index (χ4n) is 2.46. The van der Waals surface area contributed by atoms with Crippen molar-refractivity contribution in [2.45, 2.75) is 39.2 Å². The van der Waals surface area contributed by atoms with Gasteiger partial charge in [-0.15, -0.1) is 0 Å². The Kier molecular flexibility index (Phi) is 4.04. The number of nitrogens with zero attached hydrogens (tertiary/aromatic N) is 2. The van der Waals surface area contributed by atoms with Crippen molar-refractivity contribution >= 4 is 11.7 Å². The molecule has 1 saturated heterocycles. The van der Waals surface area contributed by atoms with Gasteiger partial charge in [0.05, 0.1) is 6.61 Å². The van der Waals surface area contributed by atoms with Crippen LogP contribution in [-0.2, 0) is 5.41 Å². The number of carbonyl (C=O) groups excluding carboxylic acids is 1. The van der Waals surface area contributed by atoms with Gasteiger partial charge in [-0.05, 0) is 31.5 Å². The molecule has 1 aliphatic heterocycles. The lowest BCUT2D eigenvalue weighted by atomic mass is 9.85. The molecule has 0 aliphatic carbocycles. The van der Waals surface area contributed by atoms with Gasteiger partial charge in [0.1, 0.15) is 0 Å². The maximum Gasteiger partial charge on any atom is 0.324 e. The molecule has 20 heavy (non-hydrogen) atoms. The molecule has 0 aromatic heterocycles. The van der Waals surface area contributed by atoms with Gasteiger partial charge in [0.15, 0.2) is 0 Å². The molecule has 0 radical (unpaired) electrons. The fraction of sp³-hybridized carbons (Fsp3) is 0.562. The molecule has 2 rings (SSSR count). The number of anilines is 1. The minimum absolute atomic E-state index is 0.0685. The number of hydrogen-bond donors (Lipinski definition) is 1. The normalized spacial score (nSPS) is 16.4. The topological polar surface area (TPSA) is 43.8 Å². The number of hydrogen-bond acceptors (Lipinski definition) is 2. The monoisotopic (exact) mass is 276 g/mol. The summed E-state index contributed by atoms with van der Waals surface area (Å²) in [7, 11) is 0. The second-order valence-corrected chi connectivity index (χ2v) is 6.31. The molecule has 4 heteroatoms. The molecule has 1 aromatic rings. The zero-order valence-electron chi connectivity index (χ0n) is 12.8. The van der Waals surface area contributed by atoms with Gasteiger partial charge in [0, 0.05) is 30.2 Å². The summed E-state index contributed by atoms with van der Waals surface area (Å²) in [4.78, 5) is 16.1. The first-order chi connectivity index (χ1) is 9.36. The van der Waals surface area contributed by atoms with Crippen molar-refractivity contribution in [1.29, 1.82) is 0 Å².